The third kappa shape index (κ3) is 3.81. The third-order valence-electron chi connectivity index (χ3n) is 6.26. The highest BCUT2D eigenvalue weighted by atomic mass is 16.5. The summed E-state index contributed by atoms with van der Waals surface area (Å²) in [6.07, 6.45) is 3.75. The van der Waals surface area contributed by atoms with Gasteiger partial charge < -0.3 is 25.0 Å². The summed E-state index contributed by atoms with van der Waals surface area (Å²) in [5.74, 6) is 0.539. The zero-order valence-corrected chi connectivity index (χ0v) is 16.6. The van der Waals surface area contributed by atoms with Crippen molar-refractivity contribution < 1.29 is 19.1 Å². The van der Waals surface area contributed by atoms with E-state index in [1.807, 2.05) is 25.1 Å². The Morgan fingerprint density at radius 1 is 1.25 bits per heavy atom. The Morgan fingerprint density at radius 3 is 2.68 bits per heavy atom. The molecule has 0 aromatic heterocycles. The van der Waals surface area contributed by atoms with Crippen molar-refractivity contribution in [3.05, 3.63) is 23.8 Å². The predicted octanol–water partition coefficient (Wildman–Crippen LogP) is 2.54. The Morgan fingerprint density at radius 2 is 2.00 bits per heavy atom. The molecule has 1 unspecified atom stereocenters. The van der Waals surface area contributed by atoms with Crippen LogP contribution in [0.5, 0.6) is 5.75 Å². The average molecular weight is 387 g/mol. The molecule has 1 spiro atoms. The molecular weight excluding hydrogens is 358 g/mol. The maximum Gasteiger partial charge on any atom is 0.321 e. The van der Waals surface area contributed by atoms with Crippen molar-refractivity contribution in [2.45, 2.75) is 38.6 Å². The first-order chi connectivity index (χ1) is 13.5. The number of nitrogens with one attached hydrogen (secondary N) is 2. The van der Waals surface area contributed by atoms with Gasteiger partial charge in [-0.3, -0.25) is 4.79 Å². The molecule has 2 heterocycles. The summed E-state index contributed by atoms with van der Waals surface area (Å²) in [4.78, 5) is 27.7. The van der Waals surface area contributed by atoms with Crippen LogP contribution in [0.2, 0.25) is 0 Å². The number of hydrogen-bond acceptors (Lipinski definition) is 4. The molecule has 3 fully saturated rings. The number of amides is 3. The third-order valence-corrected chi connectivity index (χ3v) is 6.26. The highest BCUT2D eigenvalue weighted by Gasteiger charge is 2.52. The Bertz CT molecular complexity index is 756. The van der Waals surface area contributed by atoms with Crippen molar-refractivity contribution in [3.63, 3.8) is 0 Å². The number of carbonyl (C=O) groups excluding carboxylic acids is 2. The molecule has 4 rings (SSSR count). The lowest BCUT2D eigenvalue weighted by Crippen LogP contribution is -2.45. The Kier molecular flexibility index (Phi) is 5.19. The van der Waals surface area contributed by atoms with Gasteiger partial charge in [0.15, 0.2) is 0 Å². The molecule has 152 valence electrons. The Balaban J connectivity index is 1.50. The zero-order valence-electron chi connectivity index (χ0n) is 16.6. The minimum atomic E-state index is -0.189. The van der Waals surface area contributed by atoms with Crippen LogP contribution in [-0.4, -0.2) is 56.3 Å². The first kappa shape index (κ1) is 19.1. The van der Waals surface area contributed by atoms with Gasteiger partial charge in [0.05, 0.1) is 18.7 Å². The van der Waals surface area contributed by atoms with E-state index in [0.29, 0.717) is 43.8 Å². The van der Waals surface area contributed by atoms with E-state index in [-0.39, 0.29) is 23.3 Å². The van der Waals surface area contributed by atoms with Gasteiger partial charge in [-0.15, -0.1) is 0 Å². The van der Waals surface area contributed by atoms with E-state index in [2.05, 4.69) is 10.6 Å². The topological polar surface area (TPSA) is 79.9 Å². The fourth-order valence-electron chi connectivity index (χ4n) is 4.41. The van der Waals surface area contributed by atoms with Gasteiger partial charge in [0, 0.05) is 37.8 Å². The van der Waals surface area contributed by atoms with E-state index in [1.165, 1.54) is 0 Å². The molecular formula is C21H29N3O4. The quantitative estimate of drug-likeness (QED) is 0.832. The van der Waals surface area contributed by atoms with Gasteiger partial charge in [0.2, 0.25) is 5.91 Å². The van der Waals surface area contributed by atoms with Crippen molar-refractivity contribution >= 4 is 17.6 Å². The lowest BCUT2D eigenvalue weighted by Gasteiger charge is -2.37. The van der Waals surface area contributed by atoms with Crippen LogP contribution in [0.15, 0.2) is 18.2 Å². The summed E-state index contributed by atoms with van der Waals surface area (Å²) in [5, 5.41) is 6.12. The van der Waals surface area contributed by atoms with Gasteiger partial charge in [0.25, 0.3) is 0 Å². The number of aryl methyl sites for hydroxylation is 1. The monoisotopic (exact) mass is 387 g/mol. The molecule has 1 aromatic carbocycles. The van der Waals surface area contributed by atoms with Crippen molar-refractivity contribution in [1.82, 2.24) is 10.2 Å². The van der Waals surface area contributed by atoms with E-state index in [0.717, 1.165) is 31.2 Å². The van der Waals surface area contributed by atoms with Crippen molar-refractivity contribution in [2.24, 2.45) is 11.3 Å². The molecule has 2 N–H and O–H groups in total. The van der Waals surface area contributed by atoms with Gasteiger partial charge in [-0.05, 0) is 50.3 Å². The Labute approximate surface area is 165 Å². The van der Waals surface area contributed by atoms with Crippen molar-refractivity contribution in [3.8, 4) is 5.75 Å². The number of hydrogen-bond donors (Lipinski definition) is 2. The van der Waals surface area contributed by atoms with Gasteiger partial charge in [0.1, 0.15) is 5.75 Å². The number of urea groups is 1. The molecule has 28 heavy (non-hydrogen) atoms. The summed E-state index contributed by atoms with van der Waals surface area (Å²) in [6.45, 7) is 4.29. The second kappa shape index (κ2) is 7.62. The molecule has 0 radical (unpaired) electrons. The minimum Gasteiger partial charge on any atom is -0.495 e. The fraction of sp³-hybridized carbons (Fsp3) is 0.619. The number of likely N-dealkylation sites (tertiary alicyclic amines) is 1. The molecule has 1 aliphatic carbocycles. The maximum atomic E-state index is 13.0. The molecule has 3 amide bonds. The predicted molar refractivity (Wildman–Crippen MR) is 105 cm³/mol. The highest BCUT2D eigenvalue weighted by Crippen LogP contribution is 2.45. The summed E-state index contributed by atoms with van der Waals surface area (Å²) < 4.78 is 10.9. The second-order valence-electron chi connectivity index (χ2n) is 8.32. The summed E-state index contributed by atoms with van der Waals surface area (Å²) in [7, 11) is 1.59. The van der Waals surface area contributed by atoms with E-state index in [9.17, 15) is 9.59 Å². The minimum absolute atomic E-state index is 0.0906. The van der Waals surface area contributed by atoms with Crippen LogP contribution in [0.25, 0.3) is 0 Å². The molecule has 0 bridgehead atoms. The molecule has 1 saturated carbocycles. The molecule has 2 aliphatic heterocycles. The maximum absolute atomic E-state index is 13.0. The molecule has 7 nitrogen and oxygen atoms in total. The largest absolute Gasteiger partial charge is 0.495 e. The molecule has 3 aliphatic rings. The van der Waals surface area contributed by atoms with Crippen LogP contribution in [0.1, 0.15) is 31.2 Å². The highest BCUT2D eigenvalue weighted by molar-refractivity contribution is 5.92. The SMILES string of the molecule is COc1ccc(C)cc1NC(=O)N1CC(C(=O)NC2CC2)C2(CCOCC2)C1. The molecule has 1 aromatic rings. The molecule has 2 saturated heterocycles. The van der Waals surface area contributed by atoms with E-state index in [1.54, 1.807) is 12.0 Å². The molecule has 7 heteroatoms. The van der Waals surface area contributed by atoms with Crippen LogP contribution in [0.4, 0.5) is 10.5 Å². The van der Waals surface area contributed by atoms with Crippen LogP contribution in [0, 0.1) is 18.3 Å². The number of anilines is 1. The number of nitrogens with zero attached hydrogens (tertiary/aromatic N) is 1. The number of methoxy groups -OCH3 is 1. The summed E-state index contributed by atoms with van der Waals surface area (Å²) >= 11 is 0. The number of carbonyl (C=O) groups is 2. The smallest absolute Gasteiger partial charge is 0.321 e. The van der Waals surface area contributed by atoms with Crippen molar-refractivity contribution in [2.75, 3.05) is 38.7 Å². The summed E-state index contributed by atoms with van der Waals surface area (Å²) in [5.41, 5.74) is 1.50. The average Bonchev–Trinajstić information content (AvgIpc) is 3.42. The van der Waals surface area contributed by atoms with Gasteiger partial charge in [-0.1, -0.05) is 6.07 Å². The number of benzene rings is 1. The van der Waals surface area contributed by atoms with E-state index >= 15 is 0 Å². The normalized spacial score (nSPS) is 23.5. The standard InChI is InChI=1S/C21H29N3O4/c1-14-3-6-18(27-2)17(11-14)23-20(26)24-12-16(19(25)22-15-4-5-15)21(13-24)7-9-28-10-8-21/h3,6,11,15-16H,4-5,7-10,12-13H2,1-2H3,(H,22,25)(H,23,26). The van der Waals surface area contributed by atoms with Crippen molar-refractivity contribution in [1.29, 1.82) is 0 Å². The zero-order chi connectivity index (χ0) is 19.7. The van der Waals surface area contributed by atoms with E-state index in [4.69, 9.17) is 9.47 Å². The fourth-order valence-corrected chi connectivity index (χ4v) is 4.41. The number of rotatable bonds is 4. The second-order valence-corrected chi connectivity index (χ2v) is 8.32. The first-order valence-electron chi connectivity index (χ1n) is 10.1. The molecule has 1 atom stereocenters. The lowest BCUT2D eigenvalue weighted by atomic mass is 9.71. The van der Waals surface area contributed by atoms with Crippen LogP contribution >= 0.6 is 0 Å². The van der Waals surface area contributed by atoms with Gasteiger partial charge in [-0.25, -0.2) is 4.79 Å². The lowest BCUT2D eigenvalue weighted by molar-refractivity contribution is -0.130. The van der Waals surface area contributed by atoms with Crippen LogP contribution in [0.3, 0.4) is 0 Å². The Hall–Kier alpha value is -2.28. The van der Waals surface area contributed by atoms with Crippen LogP contribution in [-0.2, 0) is 9.53 Å². The summed E-state index contributed by atoms with van der Waals surface area (Å²) in [6, 6.07) is 5.83. The van der Waals surface area contributed by atoms with Gasteiger partial charge >= 0.3 is 6.03 Å². The number of ether oxygens (including phenoxy) is 2. The van der Waals surface area contributed by atoms with E-state index < -0.39 is 0 Å². The van der Waals surface area contributed by atoms with Gasteiger partial charge in [-0.2, -0.15) is 0 Å². The first-order valence-corrected chi connectivity index (χ1v) is 10.1. The van der Waals surface area contributed by atoms with Crippen LogP contribution < -0.4 is 15.4 Å².